The molecule has 2 heterocycles. The molecule has 27 heavy (non-hydrogen) atoms. The van der Waals surface area contributed by atoms with Gasteiger partial charge in [0.1, 0.15) is 12.4 Å². The number of nitrogens with one attached hydrogen (secondary N) is 1. The lowest BCUT2D eigenvalue weighted by molar-refractivity contribution is 0.0987. The predicted molar refractivity (Wildman–Crippen MR) is 101 cm³/mol. The molecule has 1 amide bonds. The maximum absolute atomic E-state index is 12.9. The predicted octanol–water partition coefficient (Wildman–Crippen LogP) is 3.24. The van der Waals surface area contributed by atoms with Gasteiger partial charge in [-0.25, -0.2) is 8.42 Å². The summed E-state index contributed by atoms with van der Waals surface area (Å²) in [5.74, 6) is 0.240. The van der Waals surface area contributed by atoms with Crippen molar-refractivity contribution < 1.29 is 22.4 Å². The minimum absolute atomic E-state index is 0.142. The number of methoxy groups -OCH3 is 1. The van der Waals surface area contributed by atoms with Crippen molar-refractivity contribution in [2.45, 2.75) is 37.2 Å². The summed E-state index contributed by atoms with van der Waals surface area (Å²) in [5, 5.41) is 2.68. The molecule has 3 rings (SSSR count). The van der Waals surface area contributed by atoms with Crippen molar-refractivity contribution in [3.63, 3.8) is 0 Å². The monoisotopic (exact) mass is 392 g/mol. The Kier molecular flexibility index (Phi) is 6.30. The first-order valence-corrected chi connectivity index (χ1v) is 10.4. The minimum Gasteiger partial charge on any atom is -0.453 e. The van der Waals surface area contributed by atoms with E-state index in [0.717, 1.165) is 25.7 Å². The minimum atomic E-state index is -3.57. The molecule has 0 saturated carbocycles. The molecule has 1 aliphatic rings. The molecule has 1 saturated heterocycles. The number of sulfonamides is 1. The van der Waals surface area contributed by atoms with Crippen molar-refractivity contribution in [2.24, 2.45) is 0 Å². The van der Waals surface area contributed by atoms with Gasteiger partial charge in [-0.3, -0.25) is 4.79 Å². The topological polar surface area (TPSA) is 88.8 Å². The average Bonchev–Trinajstić information content (AvgIpc) is 2.94. The first-order valence-electron chi connectivity index (χ1n) is 9.00. The summed E-state index contributed by atoms with van der Waals surface area (Å²) in [5.41, 5.74) is 0.403. The van der Waals surface area contributed by atoms with Crippen LogP contribution >= 0.6 is 0 Å². The van der Waals surface area contributed by atoms with Crippen LogP contribution in [0.5, 0.6) is 0 Å². The Hall–Kier alpha value is -2.16. The van der Waals surface area contributed by atoms with Gasteiger partial charge in [0.25, 0.3) is 5.91 Å². The molecular weight excluding hydrogens is 368 g/mol. The fourth-order valence-electron chi connectivity index (χ4n) is 3.08. The second-order valence-electron chi connectivity index (χ2n) is 6.50. The van der Waals surface area contributed by atoms with Crippen molar-refractivity contribution in [3.05, 3.63) is 47.9 Å². The standard InChI is InChI=1S/C19H24N2O5S/c1-25-14-16-9-10-18(26-16)19(22)20-15-7-6-8-17(13-15)27(23,24)21-11-4-2-3-5-12-21/h6-10,13H,2-5,11-12,14H2,1H3,(H,20,22). The first-order chi connectivity index (χ1) is 13.0. The summed E-state index contributed by atoms with van der Waals surface area (Å²) < 4.78 is 37.7. The lowest BCUT2D eigenvalue weighted by Crippen LogP contribution is -2.32. The van der Waals surface area contributed by atoms with Crippen molar-refractivity contribution in [1.29, 1.82) is 0 Å². The number of carbonyl (C=O) groups is 1. The Morgan fingerprint density at radius 2 is 1.89 bits per heavy atom. The molecule has 0 spiro atoms. The molecule has 0 bridgehead atoms. The van der Waals surface area contributed by atoms with E-state index in [-0.39, 0.29) is 17.3 Å². The third-order valence-electron chi connectivity index (χ3n) is 4.47. The van der Waals surface area contributed by atoms with Crippen molar-refractivity contribution >= 4 is 21.6 Å². The molecule has 0 unspecified atom stereocenters. The van der Waals surface area contributed by atoms with Crippen LogP contribution in [0.2, 0.25) is 0 Å². The number of furan rings is 1. The van der Waals surface area contributed by atoms with Crippen LogP contribution in [-0.4, -0.2) is 38.8 Å². The van der Waals surface area contributed by atoms with E-state index in [9.17, 15) is 13.2 Å². The van der Waals surface area contributed by atoms with Crippen LogP contribution in [0.15, 0.2) is 45.7 Å². The van der Waals surface area contributed by atoms with Gasteiger partial charge in [0.05, 0.1) is 4.90 Å². The van der Waals surface area contributed by atoms with Crippen molar-refractivity contribution in [1.82, 2.24) is 4.31 Å². The number of carbonyl (C=O) groups excluding carboxylic acids is 1. The number of nitrogens with zero attached hydrogens (tertiary/aromatic N) is 1. The SMILES string of the molecule is COCc1ccc(C(=O)Nc2cccc(S(=O)(=O)N3CCCCCC3)c2)o1. The molecular formula is C19H24N2O5S. The van der Waals surface area contributed by atoms with Crippen LogP contribution in [0.25, 0.3) is 0 Å². The molecule has 146 valence electrons. The summed E-state index contributed by atoms with van der Waals surface area (Å²) >= 11 is 0. The normalized spacial score (nSPS) is 16.0. The van der Waals surface area contributed by atoms with Crippen LogP contribution in [-0.2, 0) is 21.4 Å². The zero-order valence-corrected chi connectivity index (χ0v) is 16.1. The molecule has 1 fully saturated rings. The molecule has 8 heteroatoms. The summed E-state index contributed by atoms with van der Waals surface area (Å²) in [7, 11) is -2.03. The molecule has 1 aliphatic heterocycles. The van der Waals surface area contributed by atoms with E-state index in [2.05, 4.69) is 5.32 Å². The number of hydrogen-bond donors (Lipinski definition) is 1. The highest BCUT2D eigenvalue weighted by molar-refractivity contribution is 7.89. The van der Waals surface area contributed by atoms with Gasteiger partial charge in [0.15, 0.2) is 5.76 Å². The van der Waals surface area contributed by atoms with Gasteiger partial charge in [-0.05, 0) is 43.2 Å². The Bertz CT molecular complexity index is 883. The van der Waals surface area contributed by atoms with Gasteiger partial charge >= 0.3 is 0 Å². The van der Waals surface area contributed by atoms with E-state index in [1.807, 2.05) is 0 Å². The van der Waals surface area contributed by atoms with E-state index in [0.29, 0.717) is 24.5 Å². The van der Waals surface area contributed by atoms with E-state index in [4.69, 9.17) is 9.15 Å². The maximum Gasteiger partial charge on any atom is 0.291 e. The van der Waals surface area contributed by atoms with Crippen molar-refractivity contribution in [3.8, 4) is 0 Å². The number of amides is 1. The quantitative estimate of drug-likeness (QED) is 0.815. The third kappa shape index (κ3) is 4.77. The summed E-state index contributed by atoms with van der Waals surface area (Å²) in [6, 6.07) is 9.54. The molecule has 1 N–H and O–H groups in total. The zero-order chi connectivity index (χ0) is 19.3. The van der Waals surface area contributed by atoms with Gasteiger partial charge in [-0.15, -0.1) is 0 Å². The third-order valence-corrected chi connectivity index (χ3v) is 6.36. The van der Waals surface area contributed by atoms with E-state index in [1.165, 1.54) is 10.4 Å². The van der Waals surface area contributed by atoms with E-state index in [1.54, 1.807) is 37.4 Å². The first kappa shape index (κ1) is 19.6. The number of hydrogen-bond acceptors (Lipinski definition) is 5. The Labute approximate surface area is 159 Å². The summed E-state index contributed by atoms with van der Waals surface area (Å²) in [4.78, 5) is 12.5. The highest BCUT2D eigenvalue weighted by Crippen LogP contribution is 2.23. The van der Waals surface area contributed by atoms with Crippen LogP contribution < -0.4 is 5.32 Å². The highest BCUT2D eigenvalue weighted by Gasteiger charge is 2.25. The number of ether oxygens (including phenoxy) is 1. The lowest BCUT2D eigenvalue weighted by atomic mass is 10.2. The smallest absolute Gasteiger partial charge is 0.291 e. The molecule has 0 radical (unpaired) electrons. The second kappa shape index (κ2) is 8.69. The summed E-state index contributed by atoms with van der Waals surface area (Å²) in [6.07, 6.45) is 3.85. The average molecular weight is 392 g/mol. The molecule has 2 aromatic rings. The Balaban J connectivity index is 1.75. The van der Waals surface area contributed by atoms with Gasteiger partial charge < -0.3 is 14.5 Å². The maximum atomic E-state index is 12.9. The molecule has 0 atom stereocenters. The molecule has 0 aliphatic carbocycles. The van der Waals surface area contributed by atoms with Crippen LogP contribution in [0.3, 0.4) is 0 Å². The van der Waals surface area contributed by atoms with Gasteiger partial charge in [0.2, 0.25) is 10.0 Å². The highest BCUT2D eigenvalue weighted by atomic mass is 32.2. The lowest BCUT2D eigenvalue weighted by Gasteiger charge is -2.20. The van der Waals surface area contributed by atoms with Crippen LogP contribution in [0, 0.1) is 0 Å². The van der Waals surface area contributed by atoms with Crippen LogP contribution in [0.4, 0.5) is 5.69 Å². The molecule has 7 nitrogen and oxygen atoms in total. The number of anilines is 1. The van der Waals surface area contributed by atoms with Gasteiger partial charge in [0, 0.05) is 25.9 Å². The Morgan fingerprint density at radius 3 is 2.59 bits per heavy atom. The summed E-state index contributed by atoms with van der Waals surface area (Å²) in [6.45, 7) is 1.35. The fourth-order valence-corrected chi connectivity index (χ4v) is 4.64. The van der Waals surface area contributed by atoms with Crippen molar-refractivity contribution in [2.75, 3.05) is 25.5 Å². The largest absolute Gasteiger partial charge is 0.453 e. The fraction of sp³-hybridized carbons (Fsp3) is 0.421. The van der Waals surface area contributed by atoms with Crippen LogP contribution in [0.1, 0.15) is 42.0 Å². The molecule has 1 aromatic heterocycles. The zero-order valence-electron chi connectivity index (χ0n) is 15.3. The Morgan fingerprint density at radius 1 is 1.15 bits per heavy atom. The van der Waals surface area contributed by atoms with Gasteiger partial charge in [-0.2, -0.15) is 4.31 Å². The number of rotatable bonds is 6. The van der Waals surface area contributed by atoms with E-state index < -0.39 is 15.9 Å². The van der Waals surface area contributed by atoms with Gasteiger partial charge in [-0.1, -0.05) is 18.9 Å². The molecule has 1 aromatic carbocycles. The van der Waals surface area contributed by atoms with E-state index >= 15 is 0 Å². The second-order valence-corrected chi connectivity index (χ2v) is 8.44. The number of benzene rings is 1.